The molecule has 0 atom stereocenters. The maximum atomic E-state index is 12.7. The van der Waals surface area contributed by atoms with Crippen LogP contribution in [0.15, 0.2) is 58.3 Å². The third-order valence-corrected chi connectivity index (χ3v) is 2.24. The van der Waals surface area contributed by atoms with Crippen LogP contribution in [0.2, 0.25) is 0 Å². The van der Waals surface area contributed by atoms with Crippen molar-refractivity contribution in [2.75, 3.05) is 0 Å². The molecule has 0 bridgehead atoms. The number of carbonyl (C=O) groups is 1. The zero-order chi connectivity index (χ0) is 13.5. The highest BCUT2D eigenvalue weighted by molar-refractivity contribution is 5.94. The molecule has 0 spiro atoms. The zero-order valence-electron chi connectivity index (χ0n) is 9.92. The minimum Gasteiger partial charge on any atom is -0.465 e. The molecule has 5 heteroatoms. The maximum Gasteiger partial charge on any atom is 0.271 e. The van der Waals surface area contributed by atoms with Gasteiger partial charge in [-0.1, -0.05) is 0 Å². The first-order valence-electron chi connectivity index (χ1n) is 5.55. The van der Waals surface area contributed by atoms with Crippen LogP contribution >= 0.6 is 0 Å². The molecule has 0 saturated heterocycles. The van der Waals surface area contributed by atoms with Crippen molar-refractivity contribution in [1.29, 1.82) is 0 Å². The Labute approximate surface area is 109 Å². The molecule has 0 fully saturated rings. The van der Waals surface area contributed by atoms with Crippen molar-refractivity contribution in [2.45, 2.75) is 0 Å². The molecular weight excluding hydrogens is 247 g/mol. The molecule has 1 aromatic heterocycles. The number of hydrogen-bond acceptors (Lipinski definition) is 3. The first-order chi connectivity index (χ1) is 9.25. The van der Waals surface area contributed by atoms with Crippen LogP contribution in [-0.2, 0) is 0 Å². The van der Waals surface area contributed by atoms with Gasteiger partial charge in [-0.05, 0) is 48.6 Å². The highest BCUT2D eigenvalue weighted by Gasteiger charge is 2.02. The molecule has 1 aromatic carbocycles. The van der Waals surface area contributed by atoms with Gasteiger partial charge in [0, 0.05) is 11.8 Å². The summed E-state index contributed by atoms with van der Waals surface area (Å²) in [5.74, 6) is -0.0969. The molecule has 0 aliphatic rings. The molecule has 0 radical (unpaired) electrons. The van der Waals surface area contributed by atoms with E-state index in [-0.39, 0.29) is 5.82 Å². The van der Waals surface area contributed by atoms with Gasteiger partial charge in [0.15, 0.2) is 0 Å². The van der Waals surface area contributed by atoms with Crippen molar-refractivity contribution in [1.82, 2.24) is 5.43 Å². The number of furan rings is 1. The summed E-state index contributed by atoms with van der Waals surface area (Å²) >= 11 is 0. The molecule has 0 aliphatic heterocycles. The van der Waals surface area contributed by atoms with Crippen LogP contribution in [0.25, 0.3) is 6.08 Å². The van der Waals surface area contributed by atoms with E-state index in [1.807, 2.05) is 0 Å². The Morgan fingerprint density at radius 3 is 2.74 bits per heavy atom. The summed E-state index contributed by atoms with van der Waals surface area (Å²) in [6.07, 6.45) is 6.31. The lowest BCUT2D eigenvalue weighted by atomic mass is 10.2. The molecule has 1 heterocycles. The van der Waals surface area contributed by atoms with Crippen LogP contribution in [-0.4, -0.2) is 12.1 Å². The summed E-state index contributed by atoms with van der Waals surface area (Å²) in [5, 5.41) is 3.72. The smallest absolute Gasteiger partial charge is 0.271 e. The lowest BCUT2D eigenvalue weighted by Crippen LogP contribution is -2.17. The number of benzene rings is 1. The van der Waals surface area contributed by atoms with Gasteiger partial charge in [-0.25, -0.2) is 9.82 Å². The van der Waals surface area contributed by atoms with E-state index in [9.17, 15) is 9.18 Å². The summed E-state index contributed by atoms with van der Waals surface area (Å²) in [4.78, 5) is 11.6. The van der Waals surface area contributed by atoms with E-state index in [0.29, 0.717) is 11.3 Å². The van der Waals surface area contributed by atoms with Crippen molar-refractivity contribution >= 4 is 18.2 Å². The Hall–Kier alpha value is -2.69. The van der Waals surface area contributed by atoms with Crippen LogP contribution in [0.4, 0.5) is 4.39 Å². The summed E-state index contributed by atoms with van der Waals surface area (Å²) < 4.78 is 17.7. The molecule has 2 aromatic rings. The molecule has 1 N–H and O–H groups in total. The normalized spacial score (nSPS) is 11.2. The average Bonchev–Trinajstić information content (AvgIpc) is 2.92. The van der Waals surface area contributed by atoms with E-state index >= 15 is 0 Å². The fourth-order valence-electron chi connectivity index (χ4n) is 1.33. The van der Waals surface area contributed by atoms with Crippen molar-refractivity contribution in [3.8, 4) is 0 Å². The second kappa shape index (κ2) is 6.30. The number of halogens is 1. The molecule has 0 unspecified atom stereocenters. The lowest BCUT2D eigenvalue weighted by molar-refractivity contribution is 0.0955. The first-order valence-corrected chi connectivity index (χ1v) is 5.55. The van der Waals surface area contributed by atoms with E-state index in [0.717, 1.165) is 0 Å². The molecule has 96 valence electrons. The minimum atomic E-state index is -0.400. The van der Waals surface area contributed by atoms with Crippen LogP contribution in [0.1, 0.15) is 16.1 Å². The van der Waals surface area contributed by atoms with Gasteiger partial charge >= 0.3 is 0 Å². The minimum absolute atomic E-state index is 0.341. The quantitative estimate of drug-likeness (QED) is 0.677. The van der Waals surface area contributed by atoms with Crippen molar-refractivity contribution in [3.63, 3.8) is 0 Å². The van der Waals surface area contributed by atoms with E-state index in [1.165, 1.54) is 30.5 Å². The molecule has 1 amide bonds. The fourth-order valence-corrected chi connectivity index (χ4v) is 1.33. The summed E-state index contributed by atoms with van der Waals surface area (Å²) in [6.45, 7) is 0. The Balaban J connectivity index is 1.85. The van der Waals surface area contributed by atoms with Gasteiger partial charge in [-0.15, -0.1) is 0 Å². The highest BCUT2D eigenvalue weighted by Crippen LogP contribution is 2.02. The van der Waals surface area contributed by atoms with Gasteiger partial charge in [-0.3, -0.25) is 4.79 Å². The van der Waals surface area contributed by atoms with Crippen molar-refractivity contribution in [2.24, 2.45) is 5.10 Å². The zero-order valence-corrected chi connectivity index (χ0v) is 9.92. The number of amides is 1. The third kappa shape index (κ3) is 3.92. The molecule has 4 nitrogen and oxygen atoms in total. The Bertz CT molecular complexity index is 586. The van der Waals surface area contributed by atoms with Gasteiger partial charge in [0.2, 0.25) is 0 Å². The van der Waals surface area contributed by atoms with Crippen LogP contribution < -0.4 is 5.43 Å². The van der Waals surface area contributed by atoms with E-state index in [4.69, 9.17) is 4.42 Å². The number of hydrogen-bond donors (Lipinski definition) is 1. The number of allylic oxidation sites excluding steroid dienone is 1. The Morgan fingerprint density at radius 1 is 1.26 bits per heavy atom. The number of nitrogens with one attached hydrogen (secondary N) is 1. The van der Waals surface area contributed by atoms with Gasteiger partial charge in [0.25, 0.3) is 5.91 Å². The molecule has 19 heavy (non-hydrogen) atoms. The van der Waals surface area contributed by atoms with Gasteiger partial charge < -0.3 is 4.42 Å². The van der Waals surface area contributed by atoms with Crippen LogP contribution in [0.5, 0.6) is 0 Å². The third-order valence-electron chi connectivity index (χ3n) is 2.24. The number of hydrazone groups is 1. The monoisotopic (exact) mass is 258 g/mol. The van der Waals surface area contributed by atoms with Crippen molar-refractivity contribution < 1.29 is 13.6 Å². The van der Waals surface area contributed by atoms with E-state index in [1.54, 1.807) is 30.5 Å². The van der Waals surface area contributed by atoms with Gasteiger partial charge in [-0.2, -0.15) is 5.10 Å². The van der Waals surface area contributed by atoms with E-state index in [2.05, 4.69) is 10.5 Å². The second-order valence-electron chi connectivity index (χ2n) is 3.60. The predicted molar refractivity (Wildman–Crippen MR) is 70.1 cm³/mol. The summed E-state index contributed by atoms with van der Waals surface area (Å²) in [5.41, 5.74) is 2.67. The second-order valence-corrected chi connectivity index (χ2v) is 3.60. The summed E-state index contributed by atoms with van der Waals surface area (Å²) in [6, 6.07) is 8.77. The average molecular weight is 258 g/mol. The lowest BCUT2D eigenvalue weighted by Gasteiger charge is -1.98. The van der Waals surface area contributed by atoms with Crippen LogP contribution in [0, 0.1) is 5.82 Å². The van der Waals surface area contributed by atoms with Crippen LogP contribution in [0.3, 0.4) is 0 Å². The van der Waals surface area contributed by atoms with Gasteiger partial charge in [0.1, 0.15) is 11.6 Å². The molecule has 2 rings (SSSR count). The van der Waals surface area contributed by atoms with Gasteiger partial charge in [0.05, 0.1) is 6.26 Å². The molecular formula is C14H11FN2O2. The summed E-state index contributed by atoms with van der Waals surface area (Å²) in [7, 11) is 0. The Kier molecular flexibility index (Phi) is 4.23. The fraction of sp³-hybridized carbons (Fsp3) is 0. The maximum absolute atomic E-state index is 12.7. The highest BCUT2D eigenvalue weighted by atomic mass is 19.1. The predicted octanol–water partition coefficient (Wildman–Crippen LogP) is 2.85. The molecule has 0 aliphatic carbocycles. The SMILES string of the molecule is O=C(N/N=C/C=C/c1ccco1)c1ccc(F)cc1. The topological polar surface area (TPSA) is 54.6 Å². The van der Waals surface area contributed by atoms with Crippen molar-refractivity contribution in [3.05, 3.63) is 65.9 Å². The number of nitrogens with zero attached hydrogens (tertiary/aromatic N) is 1. The number of rotatable bonds is 4. The first kappa shape index (κ1) is 12.8. The largest absolute Gasteiger partial charge is 0.465 e. The standard InChI is InChI=1S/C14H11FN2O2/c15-12-7-5-11(6-8-12)14(18)17-16-9-1-3-13-4-2-10-19-13/h1-10H,(H,17,18)/b3-1+,16-9+. The van der Waals surface area contributed by atoms with E-state index < -0.39 is 5.91 Å². The molecule has 0 saturated carbocycles. The Morgan fingerprint density at radius 2 is 2.05 bits per heavy atom. The number of carbonyl (C=O) groups excluding carboxylic acids is 1.